The first kappa shape index (κ1) is 29.7. The van der Waals surface area contributed by atoms with Crippen molar-refractivity contribution in [1.29, 1.82) is 0 Å². The lowest BCUT2D eigenvalue weighted by Crippen LogP contribution is -2.02. The van der Waals surface area contributed by atoms with Crippen molar-refractivity contribution in [2.24, 2.45) is 0 Å². The molecule has 0 atom stereocenters. The van der Waals surface area contributed by atoms with Crippen LogP contribution in [0.25, 0.3) is 0 Å². The summed E-state index contributed by atoms with van der Waals surface area (Å²) >= 11 is 0. The maximum absolute atomic E-state index is 10.8. The Morgan fingerprint density at radius 3 is 1.65 bits per heavy atom. The highest BCUT2D eigenvalue weighted by Crippen LogP contribution is 2.15. The fourth-order valence-corrected chi connectivity index (χ4v) is 1.81. The first-order valence-electron chi connectivity index (χ1n) is 6.79. The third-order valence-electron chi connectivity index (χ3n) is 1.61. The molecule has 1 aromatic rings. The molecule has 7 N–H and O–H groups in total. The van der Waals surface area contributed by atoms with Gasteiger partial charge < -0.3 is 21.5 Å². The third-order valence-corrected chi connectivity index (χ3v) is 2.57. The first-order chi connectivity index (χ1) is 10.3. The van der Waals surface area contributed by atoms with Crippen LogP contribution in [0.3, 0.4) is 0 Å². The van der Waals surface area contributed by atoms with Crippen LogP contribution in [0.15, 0.2) is 41.8 Å². The number of allylic oxidation sites excluding steroid dienone is 1. The van der Waals surface area contributed by atoms with Gasteiger partial charge in [-0.1, -0.05) is 24.3 Å². The van der Waals surface area contributed by atoms with Crippen LogP contribution in [0, 0.1) is 0 Å². The van der Waals surface area contributed by atoms with E-state index in [2.05, 4.69) is 6.58 Å². The van der Waals surface area contributed by atoms with E-state index in [4.69, 9.17) is 19.9 Å². The Morgan fingerprint density at radius 2 is 1.35 bits per heavy atom. The fraction of sp³-hybridized carbons (Fsp3) is 0.467. The Morgan fingerprint density at radius 1 is 1.00 bits per heavy atom. The summed E-state index contributed by atoms with van der Waals surface area (Å²) in [5.41, 5.74) is 0.556. The molecule has 0 unspecified atom stereocenters. The van der Waals surface area contributed by atoms with Crippen molar-refractivity contribution in [2.45, 2.75) is 32.1 Å². The summed E-state index contributed by atoms with van der Waals surface area (Å²) in [7, 11) is -4.10. The zero-order valence-corrected chi connectivity index (χ0v) is 15.0. The molecule has 0 fully saturated rings. The molecule has 138 valence electrons. The molecule has 0 bridgehead atoms. The second kappa shape index (κ2) is 20.7. The lowest BCUT2D eigenvalue weighted by atomic mass is 10.1. The van der Waals surface area contributed by atoms with E-state index >= 15 is 0 Å². The molecule has 0 aliphatic rings. The van der Waals surface area contributed by atoms with Crippen LogP contribution >= 0.6 is 0 Å². The number of aliphatic hydroxyl groups excluding tert-OH is 3. The molecule has 23 heavy (non-hydrogen) atoms. The van der Waals surface area contributed by atoms with Crippen molar-refractivity contribution >= 4 is 10.1 Å². The van der Waals surface area contributed by atoms with Crippen molar-refractivity contribution in [3.63, 3.8) is 0 Å². The molecule has 0 aromatic heterocycles. The average Bonchev–Trinajstić information content (AvgIpc) is 2.41. The van der Waals surface area contributed by atoms with E-state index < -0.39 is 10.1 Å². The minimum Gasteiger partial charge on any atom is -0.397 e. The maximum Gasteiger partial charge on any atom is 0.294 e. The predicted molar refractivity (Wildman–Crippen MR) is 93.5 cm³/mol. The van der Waals surface area contributed by atoms with E-state index in [9.17, 15) is 8.42 Å². The summed E-state index contributed by atoms with van der Waals surface area (Å²) in [6, 6.07) is 6.29. The summed E-state index contributed by atoms with van der Waals surface area (Å²) in [5.74, 6) is 0. The lowest BCUT2D eigenvalue weighted by Gasteiger charge is -2.02. The zero-order valence-electron chi connectivity index (χ0n) is 14.1. The summed E-state index contributed by atoms with van der Waals surface area (Å²) in [6.07, 6.45) is 2.01. The van der Waals surface area contributed by atoms with Gasteiger partial charge in [-0.3, -0.25) is 4.55 Å². The molecule has 0 aliphatic heterocycles. The summed E-state index contributed by atoms with van der Waals surface area (Å²) in [6.45, 7) is 9.29. The van der Waals surface area contributed by atoms with Crippen molar-refractivity contribution in [3.05, 3.63) is 42.5 Å². The Hall–Kier alpha value is -1.29. The van der Waals surface area contributed by atoms with E-state index in [1.807, 2.05) is 0 Å². The highest BCUT2D eigenvalue weighted by Gasteiger charge is 2.12. The van der Waals surface area contributed by atoms with E-state index in [1.54, 1.807) is 45.0 Å². The SMILES string of the molecule is C=CCc1ccccc1S(=O)(=O)O.CCO.CCO.CCO.N. The molecular formula is C15H31NO6S. The molecule has 0 heterocycles. The van der Waals surface area contributed by atoms with E-state index in [0.29, 0.717) is 12.0 Å². The van der Waals surface area contributed by atoms with Gasteiger partial charge in [-0.15, -0.1) is 6.58 Å². The first-order valence-corrected chi connectivity index (χ1v) is 8.23. The van der Waals surface area contributed by atoms with Gasteiger partial charge in [-0.25, -0.2) is 0 Å². The second-order valence-electron chi connectivity index (χ2n) is 3.52. The minimum atomic E-state index is -4.10. The van der Waals surface area contributed by atoms with Gasteiger partial charge in [0.2, 0.25) is 0 Å². The molecule has 0 saturated heterocycles. The lowest BCUT2D eigenvalue weighted by molar-refractivity contribution is 0.318. The highest BCUT2D eigenvalue weighted by molar-refractivity contribution is 7.85. The van der Waals surface area contributed by atoms with Crippen LogP contribution in [0.2, 0.25) is 0 Å². The summed E-state index contributed by atoms with van der Waals surface area (Å²) in [4.78, 5) is -0.0464. The molecule has 1 aromatic carbocycles. The van der Waals surface area contributed by atoms with Crippen LogP contribution in [-0.2, 0) is 16.5 Å². The van der Waals surface area contributed by atoms with Gasteiger partial charge in [0.05, 0.1) is 4.90 Å². The Labute approximate surface area is 139 Å². The van der Waals surface area contributed by atoms with Crippen molar-refractivity contribution in [3.8, 4) is 0 Å². The fourth-order valence-electron chi connectivity index (χ4n) is 1.08. The molecule has 0 aliphatic carbocycles. The molecule has 0 spiro atoms. The number of aliphatic hydroxyl groups is 3. The van der Waals surface area contributed by atoms with Crippen molar-refractivity contribution in [2.75, 3.05) is 19.8 Å². The molecule has 8 heteroatoms. The highest BCUT2D eigenvalue weighted by atomic mass is 32.2. The molecule has 0 radical (unpaired) electrons. The standard InChI is InChI=1S/C9H10O3S.3C2H6O.H3N/c1-2-5-8-6-3-4-7-9(8)13(10,11)12;3*1-2-3;/h2-4,6-7H,1,5H2,(H,10,11,12);3*3H,2H2,1H3;1H3. The topological polar surface area (TPSA) is 150 Å². The summed E-state index contributed by atoms with van der Waals surface area (Å²) < 4.78 is 30.5. The van der Waals surface area contributed by atoms with Gasteiger partial charge >= 0.3 is 0 Å². The quantitative estimate of drug-likeness (QED) is 0.411. The zero-order chi connectivity index (χ0) is 18.0. The Balaban J connectivity index is -0.000000152. The number of hydrogen-bond donors (Lipinski definition) is 5. The molecule has 1 rings (SSSR count). The predicted octanol–water partition coefficient (Wildman–Crippen LogP) is 1.82. The largest absolute Gasteiger partial charge is 0.397 e. The molecule has 7 nitrogen and oxygen atoms in total. The Kier molecular flexibility index (Phi) is 26.7. The number of hydrogen-bond acceptors (Lipinski definition) is 6. The van der Waals surface area contributed by atoms with Gasteiger partial charge in [0.25, 0.3) is 10.1 Å². The van der Waals surface area contributed by atoms with Crippen LogP contribution in [0.4, 0.5) is 0 Å². The normalized spacial score (nSPS) is 8.65. The van der Waals surface area contributed by atoms with E-state index in [0.717, 1.165) is 0 Å². The van der Waals surface area contributed by atoms with Gasteiger partial charge in [0.15, 0.2) is 0 Å². The molecule has 0 amide bonds. The molecule has 0 saturated carbocycles. The summed E-state index contributed by atoms with van der Waals surface area (Å²) in [5, 5.41) is 22.7. The number of benzene rings is 1. The third kappa shape index (κ3) is 20.7. The number of rotatable bonds is 3. The van der Waals surface area contributed by atoms with Gasteiger partial charge in [0.1, 0.15) is 0 Å². The van der Waals surface area contributed by atoms with Crippen LogP contribution < -0.4 is 6.15 Å². The van der Waals surface area contributed by atoms with Gasteiger partial charge in [-0.2, -0.15) is 8.42 Å². The van der Waals surface area contributed by atoms with Crippen LogP contribution in [0.1, 0.15) is 26.3 Å². The maximum atomic E-state index is 10.8. The van der Waals surface area contributed by atoms with Gasteiger partial charge in [0, 0.05) is 19.8 Å². The van der Waals surface area contributed by atoms with Crippen molar-refractivity contribution < 1.29 is 28.3 Å². The van der Waals surface area contributed by atoms with E-state index in [1.165, 1.54) is 6.07 Å². The van der Waals surface area contributed by atoms with Crippen LogP contribution in [0.5, 0.6) is 0 Å². The van der Waals surface area contributed by atoms with E-state index in [-0.39, 0.29) is 30.9 Å². The minimum absolute atomic E-state index is 0. The average molecular weight is 353 g/mol. The monoisotopic (exact) mass is 353 g/mol. The van der Waals surface area contributed by atoms with Crippen molar-refractivity contribution in [1.82, 2.24) is 6.15 Å². The smallest absolute Gasteiger partial charge is 0.294 e. The van der Waals surface area contributed by atoms with Crippen LogP contribution in [-0.4, -0.2) is 48.1 Å². The second-order valence-corrected chi connectivity index (χ2v) is 4.91. The molecular weight excluding hydrogens is 322 g/mol. The Bertz CT molecular complexity index is 458. The van der Waals surface area contributed by atoms with Gasteiger partial charge in [-0.05, 0) is 38.8 Å².